The molecule has 0 aromatic carbocycles. The average molecular weight is 213 g/mol. The van der Waals surface area contributed by atoms with Crippen molar-refractivity contribution in [3.05, 3.63) is 0 Å². The zero-order chi connectivity index (χ0) is 12.0. The number of unbranched alkanes of at least 4 members (excludes halogenated alkanes) is 1. The Morgan fingerprint density at radius 2 is 1.67 bits per heavy atom. The second kappa shape index (κ2) is 6.59. The van der Waals surface area contributed by atoms with Gasteiger partial charge in [0.25, 0.3) is 5.91 Å². The summed E-state index contributed by atoms with van der Waals surface area (Å²) >= 11 is 0. The number of hydrogen-bond donors (Lipinski definition) is 0. The molecule has 0 unspecified atom stereocenters. The minimum atomic E-state index is -0.326. The summed E-state index contributed by atoms with van der Waals surface area (Å²) in [6, 6.07) is 0.103. The van der Waals surface area contributed by atoms with Crippen LogP contribution in [0, 0.1) is 5.92 Å². The largest absolute Gasteiger partial charge is 0.334 e. The number of hydrogen-bond acceptors (Lipinski definition) is 2. The van der Waals surface area contributed by atoms with Gasteiger partial charge < -0.3 is 4.90 Å². The predicted octanol–water partition coefficient (Wildman–Crippen LogP) is 2.25. The normalized spacial score (nSPS) is 10.9. The lowest BCUT2D eigenvalue weighted by molar-refractivity contribution is -0.147. The van der Waals surface area contributed by atoms with Crippen molar-refractivity contribution < 1.29 is 9.59 Å². The van der Waals surface area contributed by atoms with Crippen LogP contribution in [-0.2, 0) is 9.59 Å². The minimum Gasteiger partial charge on any atom is -0.334 e. The molecule has 0 heterocycles. The summed E-state index contributed by atoms with van der Waals surface area (Å²) < 4.78 is 0. The summed E-state index contributed by atoms with van der Waals surface area (Å²) in [6.45, 7) is 10.2. The molecule has 0 bridgehead atoms. The van der Waals surface area contributed by atoms with Crippen LogP contribution < -0.4 is 0 Å². The van der Waals surface area contributed by atoms with E-state index in [0.29, 0.717) is 6.54 Å². The van der Waals surface area contributed by atoms with Crippen LogP contribution in [0.15, 0.2) is 0 Å². The Balaban J connectivity index is 4.48. The Kier molecular flexibility index (Phi) is 6.21. The molecule has 0 aromatic heterocycles. The second-order valence-corrected chi connectivity index (χ2v) is 4.46. The zero-order valence-corrected chi connectivity index (χ0v) is 10.5. The van der Waals surface area contributed by atoms with E-state index in [0.717, 1.165) is 12.8 Å². The van der Waals surface area contributed by atoms with Crippen molar-refractivity contribution in [1.82, 2.24) is 4.90 Å². The lowest BCUT2D eigenvalue weighted by atomic mass is 10.1. The fraction of sp³-hybridized carbons (Fsp3) is 0.833. The summed E-state index contributed by atoms with van der Waals surface area (Å²) in [4.78, 5) is 25.0. The summed E-state index contributed by atoms with van der Waals surface area (Å²) in [5.41, 5.74) is 0. The van der Waals surface area contributed by atoms with Crippen molar-refractivity contribution >= 4 is 11.7 Å². The molecule has 0 saturated heterocycles. The first-order valence-electron chi connectivity index (χ1n) is 5.76. The highest BCUT2D eigenvalue weighted by atomic mass is 16.2. The quantitative estimate of drug-likeness (QED) is 0.635. The highest BCUT2D eigenvalue weighted by Gasteiger charge is 2.25. The molecule has 15 heavy (non-hydrogen) atoms. The molecule has 0 aliphatic rings. The number of Topliss-reactive ketones (excluding diaryl/α,β-unsaturated/α-hetero) is 1. The SMILES string of the molecule is CCCCN(C(=O)C(=O)C(C)C)C(C)C. The lowest BCUT2D eigenvalue weighted by Crippen LogP contribution is -2.43. The zero-order valence-electron chi connectivity index (χ0n) is 10.5. The first-order valence-corrected chi connectivity index (χ1v) is 5.76. The lowest BCUT2D eigenvalue weighted by Gasteiger charge is -2.26. The molecule has 0 saturated carbocycles. The Bertz CT molecular complexity index is 222. The minimum absolute atomic E-state index is 0.103. The van der Waals surface area contributed by atoms with Gasteiger partial charge in [-0.25, -0.2) is 0 Å². The van der Waals surface area contributed by atoms with E-state index in [4.69, 9.17) is 0 Å². The third-order valence-corrected chi connectivity index (χ3v) is 2.37. The molecule has 0 radical (unpaired) electrons. The van der Waals surface area contributed by atoms with E-state index in [2.05, 4.69) is 6.92 Å². The first-order chi connectivity index (χ1) is 6.91. The molecule has 0 fully saturated rings. The van der Waals surface area contributed by atoms with Crippen LogP contribution in [0.5, 0.6) is 0 Å². The van der Waals surface area contributed by atoms with E-state index in [1.807, 2.05) is 13.8 Å². The van der Waals surface area contributed by atoms with E-state index in [1.54, 1.807) is 18.7 Å². The molecule has 0 aliphatic heterocycles. The van der Waals surface area contributed by atoms with E-state index in [-0.39, 0.29) is 23.7 Å². The molecule has 0 rings (SSSR count). The standard InChI is InChI=1S/C12H23NO2/c1-6-7-8-13(10(4)5)12(15)11(14)9(2)3/h9-10H,6-8H2,1-5H3. The summed E-state index contributed by atoms with van der Waals surface area (Å²) in [6.07, 6.45) is 1.99. The molecular weight excluding hydrogens is 190 g/mol. The molecule has 3 heteroatoms. The van der Waals surface area contributed by atoms with Gasteiger partial charge in [-0.05, 0) is 20.3 Å². The van der Waals surface area contributed by atoms with Crippen molar-refractivity contribution in [3.8, 4) is 0 Å². The average Bonchev–Trinajstić information content (AvgIpc) is 2.16. The molecule has 0 aromatic rings. The van der Waals surface area contributed by atoms with Gasteiger partial charge in [0.05, 0.1) is 0 Å². The van der Waals surface area contributed by atoms with Crippen molar-refractivity contribution in [2.75, 3.05) is 6.54 Å². The highest BCUT2D eigenvalue weighted by Crippen LogP contribution is 2.06. The highest BCUT2D eigenvalue weighted by molar-refractivity contribution is 6.36. The predicted molar refractivity (Wildman–Crippen MR) is 61.6 cm³/mol. The van der Waals surface area contributed by atoms with E-state index in [9.17, 15) is 9.59 Å². The molecule has 3 nitrogen and oxygen atoms in total. The summed E-state index contributed by atoms with van der Waals surface area (Å²) in [5.74, 6) is -0.811. The fourth-order valence-corrected chi connectivity index (χ4v) is 1.31. The van der Waals surface area contributed by atoms with Gasteiger partial charge in [0, 0.05) is 18.5 Å². The second-order valence-electron chi connectivity index (χ2n) is 4.46. The third-order valence-electron chi connectivity index (χ3n) is 2.37. The van der Waals surface area contributed by atoms with Gasteiger partial charge >= 0.3 is 0 Å². The number of rotatable bonds is 6. The first kappa shape index (κ1) is 14.1. The van der Waals surface area contributed by atoms with Crippen molar-refractivity contribution in [2.24, 2.45) is 5.92 Å². The van der Waals surface area contributed by atoms with E-state index >= 15 is 0 Å². The number of nitrogens with zero attached hydrogens (tertiary/aromatic N) is 1. The molecule has 0 N–H and O–H groups in total. The topological polar surface area (TPSA) is 37.4 Å². The van der Waals surface area contributed by atoms with Crippen LogP contribution in [0.1, 0.15) is 47.5 Å². The van der Waals surface area contributed by atoms with E-state index in [1.165, 1.54) is 0 Å². The molecule has 88 valence electrons. The number of ketones is 1. The third kappa shape index (κ3) is 4.45. The molecular formula is C12H23NO2. The number of amides is 1. The molecule has 0 atom stereocenters. The Morgan fingerprint density at radius 1 is 1.13 bits per heavy atom. The van der Waals surface area contributed by atoms with Gasteiger partial charge in [-0.2, -0.15) is 0 Å². The van der Waals surface area contributed by atoms with Crippen molar-refractivity contribution in [1.29, 1.82) is 0 Å². The van der Waals surface area contributed by atoms with Crippen LogP contribution in [0.4, 0.5) is 0 Å². The molecule has 1 amide bonds. The number of carbonyl (C=O) groups excluding carboxylic acids is 2. The summed E-state index contributed by atoms with van der Waals surface area (Å²) in [7, 11) is 0. The fourth-order valence-electron chi connectivity index (χ4n) is 1.31. The van der Waals surface area contributed by atoms with Gasteiger partial charge in [-0.1, -0.05) is 27.2 Å². The Morgan fingerprint density at radius 3 is 2.00 bits per heavy atom. The van der Waals surface area contributed by atoms with Crippen LogP contribution in [0.3, 0.4) is 0 Å². The maximum atomic E-state index is 11.8. The number of carbonyl (C=O) groups is 2. The molecule has 0 spiro atoms. The Labute approximate surface area is 92.8 Å². The molecule has 0 aliphatic carbocycles. The van der Waals surface area contributed by atoms with Gasteiger partial charge in [-0.3, -0.25) is 9.59 Å². The summed E-state index contributed by atoms with van der Waals surface area (Å²) in [5, 5.41) is 0. The smallest absolute Gasteiger partial charge is 0.290 e. The van der Waals surface area contributed by atoms with E-state index < -0.39 is 0 Å². The maximum Gasteiger partial charge on any atom is 0.290 e. The van der Waals surface area contributed by atoms with Gasteiger partial charge in [0.2, 0.25) is 5.78 Å². The van der Waals surface area contributed by atoms with Crippen molar-refractivity contribution in [2.45, 2.75) is 53.5 Å². The Hall–Kier alpha value is -0.860. The monoisotopic (exact) mass is 213 g/mol. The van der Waals surface area contributed by atoms with Gasteiger partial charge in [0.15, 0.2) is 0 Å². The van der Waals surface area contributed by atoms with Gasteiger partial charge in [0.1, 0.15) is 0 Å². The van der Waals surface area contributed by atoms with Crippen molar-refractivity contribution in [3.63, 3.8) is 0 Å². The van der Waals surface area contributed by atoms with Gasteiger partial charge in [-0.15, -0.1) is 0 Å². The van der Waals surface area contributed by atoms with Crippen LogP contribution in [0.25, 0.3) is 0 Å². The van der Waals surface area contributed by atoms with Crippen LogP contribution >= 0.6 is 0 Å². The maximum absolute atomic E-state index is 11.8. The van der Waals surface area contributed by atoms with Crippen LogP contribution in [-0.4, -0.2) is 29.2 Å². The van der Waals surface area contributed by atoms with Crippen LogP contribution in [0.2, 0.25) is 0 Å².